The maximum Gasteiger partial charge on any atom is 0.255 e. The minimum absolute atomic E-state index is 0.212. The van der Waals surface area contributed by atoms with E-state index in [1.165, 1.54) is 23.2 Å². The number of imidazole rings is 1. The van der Waals surface area contributed by atoms with Gasteiger partial charge in [0.1, 0.15) is 11.9 Å². The van der Waals surface area contributed by atoms with Gasteiger partial charge in [0.2, 0.25) is 5.91 Å². The smallest absolute Gasteiger partial charge is 0.255 e. The molecule has 0 atom stereocenters. The number of nitriles is 1. The zero-order valence-electron chi connectivity index (χ0n) is 26.4. The number of aromatic nitrogens is 2. The maximum absolute atomic E-state index is 13.2. The third-order valence-electron chi connectivity index (χ3n) is 9.11. The number of rotatable bonds is 10. The molecule has 9 nitrogen and oxygen atoms in total. The fourth-order valence-electron chi connectivity index (χ4n) is 6.59. The molecule has 3 N–H and O–H groups in total. The topological polar surface area (TPSA) is 121 Å². The van der Waals surface area contributed by atoms with Crippen molar-refractivity contribution in [3.63, 3.8) is 0 Å². The summed E-state index contributed by atoms with van der Waals surface area (Å²) in [6.45, 7) is 3.75. The number of nitrogens with one attached hydrogen (secondary N) is 3. The number of hydrogen-bond donors (Lipinski definition) is 3. The average molecular weight is 617 g/mol. The quantitative estimate of drug-likeness (QED) is 0.178. The Bertz CT molecular complexity index is 1830. The molecule has 236 valence electrons. The molecule has 1 aromatic heterocycles. The fraction of sp³-hybridized carbons (Fsp3) is 0.351. The zero-order valence-corrected chi connectivity index (χ0v) is 26.4. The van der Waals surface area contributed by atoms with E-state index in [0.717, 1.165) is 74.0 Å². The van der Waals surface area contributed by atoms with Gasteiger partial charge in [-0.05, 0) is 97.7 Å². The lowest BCUT2D eigenvalue weighted by Gasteiger charge is -2.27. The summed E-state index contributed by atoms with van der Waals surface area (Å²) < 4.78 is 7.75. The van der Waals surface area contributed by atoms with Gasteiger partial charge >= 0.3 is 0 Å². The van der Waals surface area contributed by atoms with Crippen molar-refractivity contribution in [2.24, 2.45) is 0 Å². The predicted octanol–water partition coefficient (Wildman–Crippen LogP) is 6.38. The second-order valence-corrected chi connectivity index (χ2v) is 12.1. The Morgan fingerprint density at radius 3 is 2.72 bits per heavy atom. The van der Waals surface area contributed by atoms with Gasteiger partial charge in [0.15, 0.2) is 0 Å². The summed E-state index contributed by atoms with van der Waals surface area (Å²) in [6.07, 6.45) is 10.8. The lowest BCUT2D eigenvalue weighted by molar-refractivity contribution is -0.111. The summed E-state index contributed by atoms with van der Waals surface area (Å²) in [5, 5.41) is 19.0. The molecule has 2 aliphatic rings. The van der Waals surface area contributed by atoms with Crippen LogP contribution in [-0.2, 0) is 28.9 Å². The molecule has 0 spiro atoms. The molecule has 1 fully saturated rings. The molecular formula is C37H40N6O3. The van der Waals surface area contributed by atoms with E-state index >= 15 is 0 Å². The Balaban J connectivity index is 1.09. The molecule has 3 aromatic carbocycles. The van der Waals surface area contributed by atoms with Crippen molar-refractivity contribution < 1.29 is 14.3 Å². The van der Waals surface area contributed by atoms with Crippen LogP contribution in [0.1, 0.15) is 66.3 Å². The third-order valence-corrected chi connectivity index (χ3v) is 9.11. The molecule has 6 rings (SSSR count). The van der Waals surface area contributed by atoms with Crippen LogP contribution in [0.3, 0.4) is 0 Å². The Morgan fingerprint density at radius 1 is 1.09 bits per heavy atom. The van der Waals surface area contributed by atoms with E-state index in [-0.39, 0.29) is 17.4 Å². The van der Waals surface area contributed by atoms with Crippen LogP contribution < -0.4 is 16.0 Å². The first-order chi connectivity index (χ1) is 22.4. The van der Waals surface area contributed by atoms with Crippen LogP contribution in [0, 0.1) is 11.3 Å². The van der Waals surface area contributed by atoms with Gasteiger partial charge in [-0.25, -0.2) is 4.98 Å². The minimum atomic E-state index is -0.339. The molecule has 1 aliphatic heterocycles. The molecule has 9 heteroatoms. The minimum Gasteiger partial charge on any atom is -0.381 e. The van der Waals surface area contributed by atoms with Crippen molar-refractivity contribution in [1.82, 2.24) is 14.9 Å². The number of methoxy groups -OCH3 is 1. The fourth-order valence-corrected chi connectivity index (χ4v) is 6.59. The van der Waals surface area contributed by atoms with Crippen LogP contribution in [0.15, 0.2) is 66.7 Å². The van der Waals surface area contributed by atoms with Crippen molar-refractivity contribution in [2.45, 2.75) is 70.6 Å². The summed E-state index contributed by atoms with van der Waals surface area (Å²) in [6, 6.07) is 19.4. The highest BCUT2D eigenvalue weighted by Gasteiger charge is 2.20. The van der Waals surface area contributed by atoms with Crippen LogP contribution in [0.25, 0.3) is 22.2 Å². The Labute approximate surface area is 269 Å². The molecule has 4 aromatic rings. The molecule has 0 saturated heterocycles. The van der Waals surface area contributed by atoms with Gasteiger partial charge in [-0.15, -0.1) is 0 Å². The van der Waals surface area contributed by atoms with Crippen molar-refractivity contribution >= 4 is 34.2 Å². The number of benzene rings is 3. The third kappa shape index (κ3) is 6.89. The van der Waals surface area contributed by atoms with Crippen LogP contribution in [-0.4, -0.2) is 47.2 Å². The van der Waals surface area contributed by atoms with Gasteiger partial charge in [-0.3, -0.25) is 9.59 Å². The SMILES string of the molecule is CCc1cc2c(cc1-c1cccc(NC(=O)c3ccc(NC(=O)/C=C/CN[C@H]4CC[C@H](OC)CC4)c(C#N)c3)c1)nc1n2CCC1. The highest BCUT2D eigenvalue weighted by Crippen LogP contribution is 2.33. The number of hydrogen-bond acceptors (Lipinski definition) is 6. The molecule has 0 unspecified atom stereocenters. The van der Waals surface area contributed by atoms with Gasteiger partial charge in [0.05, 0.1) is 28.4 Å². The summed E-state index contributed by atoms with van der Waals surface area (Å²) in [4.78, 5) is 30.7. The van der Waals surface area contributed by atoms with E-state index in [2.05, 4.69) is 45.6 Å². The van der Waals surface area contributed by atoms with Crippen molar-refractivity contribution in [3.8, 4) is 17.2 Å². The summed E-state index contributed by atoms with van der Waals surface area (Å²) in [5.41, 5.74) is 7.08. The van der Waals surface area contributed by atoms with Crippen molar-refractivity contribution in [3.05, 3.63) is 89.3 Å². The number of carbonyl (C=O) groups is 2. The molecule has 2 amide bonds. The first-order valence-corrected chi connectivity index (χ1v) is 16.2. The van der Waals surface area contributed by atoms with E-state index in [9.17, 15) is 14.9 Å². The van der Waals surface area contributed by atoms with E-state index in [1.54, 1.807) is 25.3 Å². The number of ether oxygens (including phenoxy) is 1. The summed E-state index contributed by atoms with van der Waals surface area (Å²) in [7, 11) is 1.76. The zero-order chi connectivity index (χ0) is 32.0. The van der Waals surface area contributed by atoms with Crippen LogP contribution in [0.5, 0.6) is 0 Å². The lowest BCUT2D eigenvalue weighted by Crippen LogP contribution is -2.35. The standard InChI is InChI=1S/C37H40N6O3/c1-3-24-21-34-33(41-35-9-6-18-43(34)35)22-31(24)25-7-4-8-29(20-25)40-37(45)26-11-16-32(27(19-26)23-38)42-36(44)10-5-17-39-28-12-14-30(46-2)15-13-28/h4-5,7-8,10-11,16,19-22,28,30,39H,3,6,9,12-15,17-18H2,1-2H3,(H,40,45)(H,42,44)/b10-5+/t28-,30-. The molecule has 0 bridgehead atoms. The molecule has 1 aliphatic carbocycles. The van der Waals surface area contributed by atoms with E-state index in [1.807, 2.05) is 24.3 Å². The first-order valence-electron chi connectivity index (χ1n) is 16.2. The largest absolute Gasteiger partial charge is 0.381 e. The molecule has 1 saturated carbocycles. The number of anilines is 2. The van der Waals surface area contributed by atoms with E-state index in [4.69, 9.17) is 9.72 Å². The van der Waals surface area contributed by atoms with Crippen LogP contribution in [0.2, 0.25) is 0 Å². The van der Waals surface area contributed by atoms with Crippen LogP contribution >= 0.6 is 0 Å². The van der Waals surface area contributed by atoms with Crippen LogP contribution in [0.4, 0.5) is 11.4 Å². The number of nitrogens with zero attached hydrogens (tertiary/aromatic N) is 3. The van der Waals surface area contributed by atoms with Crippen molar-refractivity contribution in [2.75, 3.05) is 24.3 Å². The number of amides is 2. The Hall–Kier alpha value is -4.78. The molecule has 2 heterocycles. The predicted molar refractivity (Wildman–Crippen MR) is 181 cm³/mol. The second-order valence-electron chi connectivity index (χ2n) is 12.1. The highest BCUT2D eigenvalue weighted by atomic mass is 16.5. The monoisotopic (exact) mass is 616 g/mol. The average Bonchev–Trinajstić information content (AvgIpc) is 3.68. The molecule has 46 heavy (non-hydrogen) atoms. The van der Waals surface area contributed by atoms with Gasteiger partial charge in [-0.1, -0.05) is 25.1 Å². The van der Waals surface area contributed by atoms with Gasteiger partial charge < -0.3 is 25.3 Å². The van der Waals surface area contributed by atoms with Gasteiger partial charge in [0, 0.05) is 50.0 Å². The Kier molecular flexibility index (Phi) is 9.57. The second kappa shape index (κ2) is 14.1. The van der Waals surface area contributed by atoms with Gasteiger partial charge in [0.25, 0.3) is 5.91 Å². The molecular weight excluding hydrogens is 576 g/mol. The number of carbonyl (C=O) groups excluding carboxylic acids is 2. The molecule has 0 radical (unpaired) electrons. The number of fused-ring (bicyclic) bond motifs is 3. The van der Waals surface area contributed by atoms with Crippen molar-refractivity contribution in [1.29, 1.82) is 5.26 Å². The maximum atomic E-state index is 13.2. The van der Waals surface area contributed by atoms with E-state index in [0.29, 0.717) is 35.6 Å². The number of aryl methyl sites for hydroxylation is 3. The summed E-state index contributed by atoms with van der Waals surface area (Å²) >= 11 is 0. The highest BCUT2D eigenvalue weighted by molar-refractivity contribution is 6.06. The Morgan fingerprint density at radius 2 is 1.93 bits per heavy atom. The normalized spacial score (nSPS) is 17.6. The lowest BCUT2D eigenvalue weighted by atomic mass is 9.93. The summed E-state index contributed by atoms with van der Waals surface area (Å²) in [5.74, 6) is 0.478. The van der Waals surface area contributed by atoms with Gasteiger partial charge in [-0.2, -0.15) is 5.26 Å². The first kappa shape index (κ1) is 31.2. The van der Waals surface area contributed by atoms with E-state index < -0.39 is 0 Å².